The third-order valence-corrected chi connectivity index (χ3v) is 5.25. The van der Waals surface area contributed by atoms with Crippen molar-refractivity contribution in [1.29, 1.82) is 0 Å². The van der Waals surface area contributed by atoms with Gasteiger partial charge < -0.3 is 19.7 Å². The fourth-order valence-corrected chi connectivity index (χ4v) is 3.55. The van der Waals surface area contributed by atoms with E-state index in [1.54, 1.807) is 37.0 Å². The number of ether oxygens (including phenoxy) is 2. The molecule has 0 unspecified atom stereocenters. The molecule has 10 heteroatoms. The fraction of sp³-hybridized carbons (Fsp3) is 0.600. The number of carbonyl (C=O) groups excluding carboxylic acids is 4. The molecule has 0 atom stereocenters. The molecule has 1 aliphatic rings. The molecule has 4 amide bonds. The number of rotatable bonds is 6. The van der Waals surface area contributed by atoms with Gasteiger partial charge in [0.05, 0.1) is 5.92 Å². The van der Waals surface area contributed by atoms with Crippen molar-refractivity contribution in [2.75, 3.05) is 26.2 Å². The summed E-state index contributed by atoms with van der Waals surface area (Å²) in [7, 11) is 0. The van der Waals surface area contributed by atoms with Crippen LogP contribution in [-0.4, -0.2) is 60.7 Å². The molecule has 0 spiro atoms. The number of urea groups is 1. The van der Waals surface area contributed by atoms with Crippen molar-refractivity contribution in [3.8, 4) is 0 Å². The lowest BCUT2D eigenvalue weighted by molar-refractivity contribution is -0.153. The quantitative estimate of drug-likeness (QED) is 0.658. The predicted molar refractivity (Wildman–Crippen MR) is 111 cm³/mol. The zero-order valence-electron chi connectivity index (χ0n) is 17.6. The van der Waals surface area contributed by atoms with Crippen LogP contribution in [0, 0.1) is 5.92 Å². The molecule has 0 radical (unpaired) electrons. The van der Waals surface area contributed by atoms with Crippen LogP contribution in [-0.2, 0) is 25.5 Å². The molecule has 2 heterocycles. The summed E-state index contributed by atoms with van der Waals surface area (Å²) in [5.41, 5.74) is -0.573. The van der Waals surface area contributed by atoms with Crippen molar-refractivity contribution in [3.05, 3.63) is 22.4 Å². The third kappa shape index (κ3) is 8.40. The van der Waals surface area contributed by atoms with Crippen LogP contribution in [0.25, 0.3) is 0 Å². The SMILES string of the molecule is CC(C)(C)OC(=O)N1CCC(C(=O)OCC(=O)NC(=O)NCCc2cccs2)CC1. The highest BCUT2D eigenvalue weighted by molar-refractivity contribution is 7.09. The Morgan fingerprint density at radius 1 is 1.20 bits per heavy atom. The maximum absolute atomic E-state index is 12.2. The second kappa shape index (κ2) is 11.0. The Bertz CT molecular complexity index is 736. The number of hydrogen-bond donors (Lipinski definition) is 2. The summed E-state index contributed by atoms with van der Waals surface area (Å²) >= 11 is 1.59. The van der Waals surface area contributed by atoms with Crippen LogP contribution in [0.15, 0.2) is 17.5 Å². The van der Waals surface area contributed by atoms with E-state index in [4.69, 9.17) is 9.47 Å². The molecule has 9 nitrogen and oxygen atoms in total. The summed E-state index contributed by atoms with van der Waals surface area (Å²) in [6.45, 7) is 6.03. The van der Waals surface area contributed by atoms with Crippen LogP contribution in [0.5, 0.6) is 0 Å². The second-order valence-corrected chi connectivity index (χ2v) is 9.02. The lowest BCUT2D eigenvalue weighted by Gasteiger charge is -2.32. The Morgan fingerprint density at radius 3 is 2.50 bits per heavy atom. The number of esters is 1. The molecule has 166 valence electrons. The van der Waals surface area contributed by atoms with Gasteiger partial charge in [0.1, 0.15) is 5.60 Å². The first-order chi connectivity index (χ1) is 14.1. The summed E-state index contributed by atoms with van der Waals surface area (Å²) < 4.78 is 10.3. The summed E-state index contributed by atoms with van der Waals surface area (Å²) in [4.78, 5) is 50.4. The van der Waals surface area contributed by atoms with Gasteiger partial charge in [-0.25, -0.2) is 9.59 Å². The molecule has 0 bridgehead atoms. The van der Waals surface area contributed by atoms with Crippen molar-refractivity contribution >= 4 is 35.3 Å². The van der Waals surface area contributed by atoms with E-state index in [0.717, 1.165) is 4.88 Å². The van der Waals surface area contributed by atoms with Crippen molar-refractivity contribution in [1.82, 2.24) is 15.5 Å². The molecular formula is C20H29N3O6S. The molecule has 0 saturated carbocycles. The van der Waals surface area contributed by atoms with Crippen LogP contribution in [0.2, 0.25) is 0 Å². The summed E-state index contributed by atoms with van der Waals surface area (Å²) in [5, 5.41) is 6.66. The molecule has 0 aliphatic carbocycles. The smallest absolute Gasteiger partial charge is 0.410 e. The molecule has 30 heavy (non-hydrogen) atoms. The first-order valence-electron chi connectivity index (χ1n) is 9.88. The molecule has 1 aliphatic heterocycles. The van der Waals surface area contributed by atoms with Gasteiger partial charge in [-0.1, -0.05) is 6.07 Å². The van der Waals surface area contributed by atoms with Gasteiger partial charge in [0.2, 0.25) is 0 Å². The van der Waals surface area contributed by atoms with Crippen molar-refractivity contribution in [2.24, 2.45) is 5.92 Å². The van der Waals surface area contributed by atoms with E-state index in [-0.39, 0.29) is 0 Å². The normalized spacial score (nSPS) is 14.7. The van der Waals surface area contributed by atoms with Crippen LogP contribution in [0.4, 0.5) is 9.59 Å². The average molecular weight is 440 g/mol. The second-order valence-electron chi connectivity index (χ2n) is 7.98. The molecule has 1 aromatic heterocycles. The number of hydrogen-bond acceptors (Lipinski definition) is 7. The van der Waals surface area contributed by atoms with Gasteiger partial charge in [0.25, 0.3) is 5.91 Å². The highest BCUT2D eigenvalue weighted by Gasteiger charge is 2.31. The van der Waals surface area contributed by atoms with Crippen LogP contribution < -0.4 is 10.6 Å². The van der Waals surface area contributed by atoms with Crippen molar-refractivity contribution in [3.63, 3.8) is 0 Å². The molecule has 1 fully saturated rings. The topological polar surface area (TPSA) is 114 Å². The molecular weight excluding hydrogens is 410 g/mol. The Balaban J connectivity index is 1.61. The van der Waals surface area contributed by atoms with E-state index in [2.05, 4.69) is 10.6 Å². The highest BCUT2D eigenvalue weighted by Crippen LogP contribution is 2.20. The lowest BCUT2D eigenvalue weighted by atomic mass is 9.97. The van der Waals surface area contributed by atoms with Gasteiger partial charge in [0, 0.05) is 24.5 Å². The summed E-state index contributed by atoms with van der Waals surface area (Å²) in [6, 6.07) is 3.27. The number of piperidine rings is 1. The average Bonchev–Trinajstić information content (AvgIpc) is 3.18. The van der Waals surface area contributed by atoms with Gasteiger partial charge in [-0.15, -0.1) is 11.3 Å². The Kier molecular flexibility index (Phi) is 8.64. The monoisotopic (exact) mass is 439 g/mol. The van der Waals surface area contributed by atoms with Crippen LogP contribution in [0.1, 0.15) is 38.5 Å². The number of nitrogens with one attached hydrogen (secondary N) is 2. The van der Waals surface area contributed by atoms with E-state index in [1.165, 1.54) is 0 Å². The zero-order valence-corrected chi connectivity index (χ0v) is 18.4. The first kappa shape index (κ1) is 23.7. The van der Waals surface area contributed by atoms with Gasteiger partial charge in [-0.2, -0.15) is 0 Å². The van der Waals surface area contributed by atoms with Crippen LogP contribution in [0.3, 0.4) is 0 Å². The Hall–Kier alpha value is -2.62. The van der Waals surface area contributed by atoms with E-state index < -0.39 is 42.1 Å². The van der Waals surface area contributed by atoms with Crippen molar-refractivity contribution in [2.45, 2.75) is 45.6 Å². The third-order valence-electron chi connectivity index (χ3n) is 4.32. The lowest BCUT2D eigenvalue weighted by Crippen LogP contribution is -2.44. The van der Waals surface area contributed by atoms with E-state index >= 15 is 0 Å². The molecule has 2 rings (SSSR count). The minimum atomic E-state index is -0.692. The number of carbonyl (C=O) groups is 4. The van der Waals surface area contributed by atoms with Gasteiger partial charge in [-0.3, -0.25) is 14.9 Å². The Morgan fingerprint density at radius 2 is 1.90 bits per heavy atom. The number of imide groups is 1. The standard InChI is InChI=1S/C20H29N3O6S/c1-20(2,3)29-19(27)23-10-7-14(8-11-23)17(25)28-13-16(24)22-18(26)21-9-6-15-5-4-12-30-15/h4-5,12,14H,6-11,13H2,1-3H3,(H2,21,22,24,26). The number of thiophene rings is 1. The zero-order chi connectivity index (χ0) is 22.1. The predicted octanol–water partition coefficient (Wildman–Crippen LogP) is 2.31. The van der Waals surface area contributed by atoms with Crippen LogP contribution >= 0.6 is 11.3 Å². The summed E-state index contributed by atoms with van der Waals surface area (Å²) in [5.74, 6) is -1.59. The van der Waals surface area contributed by atoms with Crippen molar-refractivity contribution < 1.29 is 28.7 Å². The summed E-state index contributed by atoms with van der Waals surface area (Å²) in [6.07, 6.45) is 1.14. The van der Waals surface area contributed by atoms with Gasteiger partial charge >= 0.3 is 18.1 Å². The fourth-order valence-electron chi connectivity index (χ4n) is 2.84. The molecule has 1 saturated heterocycles. The maximum Gasteiger partial charge on any atom is 0.410 e. The first-order valence-corrected chi connectivity index (χ1v) is 10.8. The van der Waals surface area contributed by atoms with Gasteiger partial charge in [0.15, 0.2) is 6.61 Å². The maximum atomic E-state index is 12.2. The van der Waals surface area contributed by atoms with E-state index in [1.807, 2.05) is 17.5 Å². The van der Waals surface area contributed by atoms with E-state index in [9.17, 15) is 19.2 Å². The number of nitrogens with zero attached hydrogens (tertiary/aromatic N) is 1. The van der Waals surface area contributed by atoms with E-state index in [0.29, 0.717) is 38.9 Å². The Labute approximate surface area is 180 Å². The molecule has 1 aromatic rings. The molecule has 2 N–H and O–H groups in total. The highest BCUT2D eigenvalue weighted by atomic mass is 32.1. The van der Waals surface area contributed by atoms with Gasteiger partial charge in [-0.05, 0) is 51.5 Å². The minimum Gasteiger partial charge on any atom is -0.455 e. The minimum absolute atomic E-state index is 0.382. The number of likely N-dealkylation sites (tertiary alicyclic amines) is 1. The number of amides is 4. The molecule has 0 aromatic carbocycles. The largest absolute Gasteiger partial charge is 0.455 e.